The summed E-state index contributed by atoms with van der Waals surface area (Å²) in [6, 6.07) is -1.11. The maximum atomic E-state index is 11.7. The summed E-state index contributed by atoms with van der Waals surface area (Å²) in [6.07, 6.45) is -7.25. The van der Waals surface area contributed by atoms with E-state index < -0.39 is 30.8 Å². The second kappa shape index (κ2) is 4.43. The molecule has 0 amide bonds. The molecule has 0 radical (unpaired) electrons. The van der Waals surface area contributed by atoms with Crippen molar-refractivity contribution in [2.75, 3.05) is 6.54 Å². The molecule has 78 valence electrons. The fourth-order valence-electron chi connectivity index (χ4n) is 0.491. The molecule has 2 atom stereocenters. The molecule has 3 N–H and O–H groups in total. The van der Waals surface area contributed by atoms with Gasteiger partial charge in [-0.05, 0) is 6.92 Å². The van der Waals surface area contributed by atoms with Crippen LogP contribution in [0, 0.1) is 0 Å². The molecule has 13 heavy (non-hydrogen) atoms. The molecule has 0 aromatic rings. The van der Waals surface area contributed by atoms with E-state index >= 15 is 0 Å². The van der Waals surface area contributed by atoms with E-state index in [4.69, 9.17) is 10.2 Å². The van der Waals surface area contributed by atoms with Crippen molar-refractivity contribution < 1.29 is 28.2 Å². The minimum Gasteiger partial charge on any atom is -0.480 e. The molecule has 0 aliphatic heterocycles. The van der Waals surface area contributed by atoms with E-state index in [0.717, 1.165) is 0 Å². The van der Waals surface area contributed by atoms with E-state index in [0.29, 0.717) is 0 Å². The number of hydrogen-bond donors (Lipinski definition) is 3. The highest BCUT2D eigenvalue weighted by Gasteiger charge is 2.38. The fourth-order valence-corrected chi connectivity index (χ4v) is 0.491. The lowest BCUT2D eigenvalue weighted by Gasteiger charge is -2.16. The Morgan fingerprint density at radius 3 is 2.31 bits per heavy atom. The van der Waals surface area contributed by atoms with E-state index in [1.54, 1.807) is 0 Å². The zero-order chi connectivity index (χ0) is 10.6. The first-order valence-corrected chi connectivity index (χ1v) is 3.46. The van der Waals surface area contributed by atoms with Crippen molar-refractivity contribution in [2.24, 2.45) is 0 Å². The number of alkyl halides is 3. The van der Waals surface area contributed by atoms with Crippen molar-refractivity contribution >= 4 is 5.97 Å². The number of carboxylic acids is 1. The molecule has 0 fully saturated rings. The first-order valence-electron chi connectivity index (χ1n) is 3.46. The number of hydrogen-bond acceptors (Lipinski definition) is 3. The number of nitrogens with one attached hydrogen (secondary N) is 1. The molecule has 0 rings (SSSR count). The SMILES string of the molecule is CC(NCC(O)C(F)(F)F)C(=O)O. The molecular weight excluding hydrogens is 191 g/mol. The number of aliphatic hydroxyl groups is 1. The highest BCUT2D eigenvalue weighted by atomic mass is 19.4. The van der Waals surface area contributed by atoms with Gasteiger partial charge in [0.05, 0.1) is 0 Å². The standard InChI is InChI=1S/C6H10F3NO3/c1-3(5(12)13)10-2-4(11)6(7,8)9/h3-4,10-11H,2H2,1H3,(H,12,13). The van der Waals surface area contributed by atoms with Crippen molar-refractivity contribution in [3.05, 3.63) is 0 Å². The Kier molecular flexibility index (Phi) is 4.15. The molecule has 0 saturated heterocycles. The maximum absolute atomic E-state index is 11.7. The predicted octanol–water partition coefficient (Wildman–Crippen LogP) is -0.0277. The van der Waals surface area contributed by atoms with E-state index in [9.17, 15) is 18.0 Å². The Bertz CT molecular complexity index is 182. The van der Waals surface area contributed by atoms with Crippen LogP contribution in [0.4, 0.5) is 13.2 Å². The number of aliphatic hydroxyl groups excluding tert-OH is 1. The van der Waals surface area contributed by atoms with Gasteiger partial charge in [-0.15, -0.1) is 0 Å². The highest BCUT2D eigenvalue weighted by molar-refractivity contribution is 5.72. The third-order valence-corrected chi connectivity index (χ3v) is 1.37. The molecule has 4 nitrogen and oxygen atoms in total. The van der Waals surface area contributed by atoms with Gasteiger partial charge in [-0.1, -0.05) is 0 Å². The highest BCUT2D eigenvalue weighted by Crippen LogP contribution is 2.19. The van der Waals surface area contributed by atoms with E-state index in [2.05, 4.69) is 0 Å². The van der Waals surface area contributed by atoms with Crippen LogP contribution in [-0.4, -0.2) is 41.0 Å². The van der Waals surface area contributed by atoms with Crippen LogP contribution in [0.5, 0.6) is 0 Å². The molecule has 0 aromatic carbocycles. The predicted molar refractivity (Wildman–Crippen MR) is 37.2 cm³/mol. The van der Waals surface area contributed by atoms with Crippen molar-refractivity contribution in [3.8, 4) is 0 Å². The summed E-state index contributed by atoms with van der Waals surface area (Å²) >= 11 is 0. The summed E-state index contributed by atoms with van der Waals surface area (Å²) < 4.78 is 35.0. The van der Waals surface area contributed by atoms with Crippen LogP contribution in [-0.2, 0) is 4.79 Å². The van der Waals surface area contributed by atoms with Crippen LogP contribution in [0.1, 0.15) is 6.92 Å². The Morgan fingerprint density at radius 2 is 2.00 bits per heavy atom. The Morgan fingerprint density at radius 1 is 1.54 bits per heavy atom. The normalized spacial score (nSPS) is 16.7. The average Bonchev–Trinajstić information content (AvgIpc) is 1.97. The minimum absolute atomic E-state index is 0.822. The van der Waals surface area contributed by atoms with Crippen molar-refractivity contribution in [1.29, 1.82) is 0 Å². The van der Waals surface area contributed by atoms with Gasteiger partial charge in [0.15, 0.2) is 6.10 Å². The molecular formula is C6H10F3NO3. The van der Waals surface area contributed by atoms with Gasteiger partial charge < -0.3 is 15.5 Å². The molecule has 0 aromatic heterocycles. The van der Waals surface area contributed by atoms with Gasteiger partial charge in [0, 0.05) is 6.54 Å². The molecule has 0 aliphatic rings. The summed E-state index contributed by atoms with van der Waals surface area (Å²) in [5.41, 5.74) is 0. The van der Waals surface area contributed by atoms with Gasteiger partial charge in [0.1, 0.15) is 6.04 Å². The molecule has 0 aliphatic carbocycles. The number of halogens is 3. The summed E-state index contributed by atoms with van der Waals surface area (Å²) in [5.74, 6) is -1.27. The molecule has 2 unspecified atom stereocenters. The van der Waals surface area contributed by atoms with Gasteiger partial charge in [0.2, 0.25) is 0 Å². The maximum Gasteiger partial charge on any atom is 0.415 e. The van der Waals surface area contributed by atoms with E-state index in [1.807, 2.05) is 5.32 Å². The Hall–Kier alpha value is -0.820. The Balaban J connectivity index is 3.83. The van der Waals surface area contributed by atoms with Crippen molar-refractivity contribution in [2.45, 2.75) is 25.2 Å². The van der Waals surface area contributed by atoms with Crippen LogP contribution < -0.4 is 5.32 Å². The number of rotatable bonds is 4. The Labute approximate surface area is 72.4 Å². The summed E-state index contributed by atoms with van der Waals surface area (Å²) in [5, 5.41) is 18.7. The average molecular weight is 201 g/mol. The first-order chi connectivity index (χ1) is 5.75. The number of carbonyl (C=O) groups is 1. The van der Waals surface area contributed by atoms with Crippen LogP contribution in [0.15, 0.2) is 0 Å². The summed E-state index contributed by atoms with van der Waals surface area (Å²) in [7, 11) is 0. The second-order valence-electron chi connectivity index (χ2n) is 2.53. The number of carboxylic acid groups (broad SMARTS) is 1. The van der Waals surface area contributed by atoms with Gasteiger partial charge in [-0.25, -0.2) is 0 Å². The largest absolute Gasteiger partial charge is 0.480 e. The summed E-state index contributed by atoms with van der Waals surface area (Å²) in [6.45, 7) is 0.363. The topological polar surface area (TPSA) is 69.6 Å². The number of aliphatic carboxylic acids is 1. The fraction of sp³-hybridized carbons (Fsp3) is 0.833. The van der Waals surface area contributed by atoms with Crippen LogP contribution in [0.25, 0.3) is 0 Å². The monoisotopic (exact) mass is 201 g/mol. The van der Waals surface area contributed by atoms with Crippen molar-refractivity contribution in [1.82, 2.24) is 5.32 Å². The van der Waals surface area contributed by atoms with Gasteiger partial charge in [0.25, 0.3) is 0 Å². The molecule has 0 heterocycles. The zero-order valence-electron chi connectivity index (χ0n) is 6.80. The lowest BCUT2D eigenvalue weighted by molar-refractivity contribution is -0.202. The molecule has 0 bridgehead atoms. The third-order valence-electron chi connectivity index (χ3n) is 1.37. The lowest BCUT2D eigenvalue weighted by Crippen LogP contribution is -2.44. The quantitative estimate of drug-likeness (QED) is 0.597. The van der Waals surface area contributed by atoms with Crippen LogP contribution >= 0.6 is 0 Å². The van der Waals surface area contributed by atoms with E-state index in [-0.39, 0.29) is 0 Å². The van der Waals surface area contributed by atoms with E-state index in [1.165, 1.54) is 6.92 Å². The first kappa shape index (κ1) is 12.2. The van der Waals surface area contributed by atoms with Gasteiger partial charge >= 0.3 is 12.1 Å². The zero-order valence-corrected chi connectivity index (χ0v) is 6.80. The minimum atomic E-state index is -4.72. The van der Waals surface area contributed by atoms with Crippen LogP contribution in [0.2, 0.25) is 0 Å². The molecule has 0 saturated carbocycles. The second-order valence-corrected chi connectivity index (χ2v) is 2.53. The lowest BCUT2D eigenvalue weighted by atomic mass is 10.3. The molecule has 0 spiro atoms. The van der Waals surface area contributed by atoms with Gasteiger partial charge in [-0.2, -0.15) is 13.2 Å². The van der Waals surface area contributed by atoms with Gasteiger partial charge in [-0.3, -0.25) is 4.79 Å². The third kappa shape index (κ3) is 4.69. The smallest absolute Gasteiger partial charge is 0.415 e. The van der Waals surface area contributed by atoms with Crippen LogP contribution in [0.3, 0.4) is 0 Å². The summed E-state index contributed by atoms with van der Waals surface area (Å²) in [4.78, 5) is 10.1. The van der Waals surface area contributed by atoms with Crippen molar-refractivity contribution in [3.63, 3.8) is 0 Å². The molecule has 7 heteroatoms.